The normalized spacial score (nSPS) is 17.9. The molecule has 216 valence electrons. The molecule has 1 N–H and O–H groups in total. The molecular weight excluding hydrogens is 563 g/mol. The van der Waals surface area contributed by atoms with Crippen LogP contribution in [-0.4, -0.2) is 81.9 Å². The maximum atomic E-state index is 14.2. The molecule has 0 spiro atoms. The molecule has 1 unspecified atom stereocenters. The third-order valence-electron chi connectivity index (χ3n) is 7.70. The van der Waals surface area contributed by atoms with Crippen molar-refractivity contribution < 1.29 is 13.9 Å². The highest BCUT2D eigenvalue weighted by Crippen LogP contribution is 2.26. The molecule has 6 heterocycles. The van der Waals surface area contributed by atoms with E-state index >= 15 is 0 Å². The van der Waals surface area contributed by atoms with Crippen LogP contribution in [-0.2, 0) is 24.2 Å². The van der Waals surface area contributed by atoms with Gasteiger partial charge in [0.05, 0.1) is 36.4 Å². The lowest BCUT2D eigenvalue weighted by Crippen LogP contribution is -2.39. The first kappa shape index (κ1) is 26.8. The van der Waals surface area contributed by atoms with Gasteiger partial charge in [-0.25, -0.2) is 14.4 Å². The smallest absolute Gasteiger partial charge is 0.223 e. The van der Waals surface area contributed by atoms with E-state index in [0.29, 0.717) is 40.4 Å². The van der Waals surface area contributed by atoms with Crippen molar-refractivity contribution in [2.75, 3.05) is 19.7 Å². The average Bonchev–Trinajstić information content (AvgIpc) is 3.62. The average molecular weight is 591 g/mol. The highest BCUT2D eigenvalue weighted by molar-refractivity contribution is 6.30. The number of hydrogen-bond donors (Lipinski definition) is 1. The van der Waals surface area contributed by atoms with Crippen LogP contribution in [0.25, 0.3) is 22.6 Å². The second-order valence-electron chi connectivity index (χ2n) is 10.5. The van der Waals surface area contributed by atoms with Crippen LogP contribution in [0.5, 0.6) is 5.88 Å². The van der Waals surface area contributed by atoms with Crippen LogP contribution in [0.15, 0.2) is 42.7 Å². The zero-order valence-corrected chi connectivity index (χ0v) is 23.4. The van der Waals surface area contributed by atoms with Crippen molar-refractivity contribution in [3.63, 3.8) is 0 Å². The Morgan fingerprint density at radius 2 is 1.98 bits per heavy atom. The Labute approximate surface area is 245 Å². The lowest BCUT2D eigenvalue weighted by molar-refractivity contribution is -0.0592. The molecule has 2 aliphatic heterocycles. The Kier molecular flexibility index (Phi) is 7.44. The molecular formula is C28H28ClFN10O2. The van der Waals surface area contributed by atoms with E-state index in [9.17, 15) is 4.39 Å². The summed E-state index contributed by atoms with van der Waals surface area (Å²) >= 11 is 5.87. The highest BCUT2D eigenvalue weighted by Gasteiger charge is 2.26. The van der Waals surface area contributed by atoms with Crippen LogP contribution in [0.4, 0.5) is 4.39 Å². The van der Waals surface area contributed by atoms with Crippen molar-refractivity contribution in [1.82, 2.24) is 50.0 Å². The molecule has 42 heavy (non-hydrogen) atoms. The van der Waals surface area contributed by atoms with E-state index in [1.165, 1.54) is 6.07 Å². The first-order valence-electron chi connectivity index (χ1n) is 13.9. The summed E-state index contributed by atoms with van der Waals surface area (Å²) in [6.45, 7) is 3.95. The zero-order valence-electron chi connectivity index (χ0n) is 22.7. The number of hydrogen-bond acceptors (Lipinski definition) is 10. The second-order valence-corrected chi connectivity index (χ2v) is 11.0. The summed E-state index contributed by atoms with van der Waals surface area (Å²) in [6, 6.07) is 8.26. The van der Waals surface area contributed by atoms with Gasteiger partial charge in [-0.15, -0.1) is 10.2 Å². The van der Waals surface area contributed by atoms with Crippen LogP contribution >= 0.6 is 11.6 Å². The van der Waals surface area contributed by atoms with Crippen molar-refractivity contribution in [1.29, 1.82) is 0 Å². The predicted molar refractivity (Wildman–Crippen MR) is 150 cm³/mol. The fourth-order valence-corrected chi connectivity index (χ4v) is 5.50. The van der Waals surface area contributed by atoms with Crippen LogP contribution in [0.3, 0.4) is 0 Å². The Morgan fingerprint density at radius 1 is 1.10 bits per heavy atom. The van der Waals surface area contributed by atoms with E-state index in [1.54, 1.807) is 24.4 Å². The Hall–Kier alpha value is -4.07. The van der Waals surface area contributed by atoms with Crippen LogP contribution < -0.4 is 4.74 Å². The van der Waals surface area contributed by atoms with Gasteiger partial charge in [-0.1, -0.05) is 17.7 Å². The quantitative estimate of drug-likeness (QED) is 0.271. The molecule has 0 aliphatic carbocycles. The number of piperidine rings is 1. The number of aromatic amines is 1. The summed E-state index contributed by atoms with van der Waals surface area (Å²) in [5, 5.41) is 14.5. The van der Waals surface area contributed by atoms with Crippen molar-refractivity contribution >= 4 is 22.6 Å². The summed E-state index contributed by atoms with van der Waals surface area (Å²) < 4.78 is 28.4. The van der Waals surface area contributed by atoms with E-state index in [1.807, 2.05) is 12.3 Å². The number of aromatic nitrogens is 9. The fraction of sp³-hybridized carbons (Fsp3) is 0.393. The number of nitrogens with one attached hydrogen (secondary N) is 1. The first-order chi connectivity index (χ1) is 20.6. The van der Waals surface area contributed by atoms with Gasteiger partial charge in [0.15, 0.2) is 0 Å². The van der Waals surface area contributed by atoms with Crippen molar-refractivity contribution in [3.8, 4) is 17.4 Å². The molecule has 0 bridgehead atoms. The first-order valence-corrected chi connectivity index (χ1v) is 14.3. The molecule has 4 aromatic heterocycles. The standard InChI is InChI=1S/C28H28ClFN10O2/c29-18-2-1-17(21(30)12-18)11-25-31-7-3-27(34-25)42-19-4-8-39(9-5-19)16-26-33-22-13-23(28-35-37-38-36-28)32-14-24(22)40(26)15-20-6-10-41-20/h1-3,7,12-14,19-20H,4-6,8-11,15-16H2,(H,35,36,37,38). The molecule has 2 fully saturated rings. The van der Waals surface area contributed by atoms with Gasteiger partial charge in [-0.3, -0.25) is 9.88 Å². The lowest BCUT2D eigenvalue weighted by Gasteiger charge is -2.32. The van der Waals surface area contributed by atoms with Crippen molar-refractivity contribution in [2.45, 2.75) is 51.0 Å². The van der Waals surface area contributed by atoms with Gasteiger partial charge in [0, 0.05) is 43.4 Å². The van der Waals surface area contributed by atoms with Gasteiger partial charge in [-0.05, 0) is 48.2 Å². The van der Waals surface area contributed by atoms with E-state index in [0.717, 1.165) is 62.4 Å². The molecule has 0 radical (unpaired) electrons. The lowest BCUT2D eigenvalue weighted by atomic mass is 10.1. The molecule has 14 heteroatoms. The van der Waals surface area contributed by atoms with Gasteiger partial charge >= 0.3 is 0 Å². The Bertz CT molecular complexity index is 1690. The monoisotopic (exact) mass is 590 g/mol. The molecule has 2 aliphatic rings. The summed E-state index contributed by atoms with van der Waals surface area (Å²) in [6.07, 6.45) is 6.68. The summed E-state index contributed by atoms with van der Waals surface area (Å²) in [7, 11) is 0. The molecule has 0 saturated carbocycles. The number of halogens is 2. The van der Waals surface area contributed by atoms with Crippen LogP contribution in [0.2, 0.25) is 5.02 Å². The molecule has 12 nitrogen and oxygen atoms in total. The minimum Gasteiger partial charge on any atom is -0.474 e. The summed E-state index contributed by atoms with van der Waals surface area (Å²) in [5.41, 5.74) is 2.91. The maximum Gasteiger partial charge on any atom is 0.223 e. The maximum absolute atomic E-state index is 14.2. The number of likely N-dealkylation sites (tertiary alicyclic amines) is 1. The number of benzene rings is 1. The highest BCUT2D eigenvalue weighted by atomic mass is 35.5. The number of pyridine rings is 1. The van der Waals surface area contributed by atoms with E-state index in [-0.39, 0.29) is 24.4 Å². The van der Waals surface area contributed by atoms with E-state index in [2.05, 4.69) is 45.0 Å². The summed E-state index contributed by atoms with van der Waals surface area (Å²) in [4.78, 5) is 20.8. The van der Waals surface area contributed by atoms with Crippen molar-refractivity contribution in [3.05, 3.63) is 70.8 Å². The number of rotatable bonds is 9. The minimum atomic E-state index is -0.373. The Morgan fingerprint density at radius 3 is 2.74 bits per heavy atom. The number of nitrogens with zero attached hydrogens (tertiary/aromatic N) is 9. The molecule has 7 rings (SSSR count). The molecule has 5 aromatic rings. The largest absolute Gasteiger partial charge is 0.474 e. The van der Waals surface area contributed by atoms with Crippen LogP contribution in [0.1, 0.15) is 36.5 Å². The van der Waals surface area contributed by atoms with Gasteiger partial charge in [0.25, 0.3) is 0 Å². The van der Waals surface area contributed by atoms with Gasteiger partial charge in [0.2, 0.25) is 11.7 Å². The summed E-state index contributed by atoms with van der Waals surface area (Å²) in [5.74, 6) is 2.03. The molecule has 0 amide bonds. The number of fused-ring (bicyclic) bond motifs is 1. The Balaban J connectivity index is 1.00. The van der Waals surface area contributed by atoms with Gasteiger partial charge in [0.1, 0.15) is 29.3 Å². The van der Waals surface area contributed by atoms with Gasteiger partial charge in [-0.2, -0.15) is 10.2 Å². The third-order valence-corrected chi connectivity index (χ3v) is 7.93. The number of imidazole rings is 1. The molecule has 1 atom stereocenters. The van der Waals surface area contributed by atoms with Crippen molar-refractivity contribution in [2.24, 2.45) is 0 Å². The number of H-pyrrole nitrogens is 1. The predicted octanol–water partition coefficient (Wildman–Crippen LogP) is 3.62. The third kappa shape index (κ3) is 5.80. The van der Waals surface area contributed by atoms with Gasteiger partial charge < -0.3 is 14.0 Å². The second kappa shape index (κ2) is 11.7. The van der Waals surface area contributed by atoms with E-state index < -0.39 is 0 Å². The van der Waals surface area contributed by atoms with Crippen LogP contribution in [0, 0.1) is 5.82 Å². The minimum absolute atomic E-state index is 0.0279. The zero-order chi connectivity index (χ0) is 28.5. The SMILES string of the molecule is Fc1cc(Cl)ccc1Cc1nccc(OC2CCN(Cc3nc4cc(-c5nn[nH]n5)ncc4n3CC3CCO3)CC2)n1. The fourth-order valence-electron chi connectivity index (χ4n) is 5.35. The van der Waals surface area contributed by atoms with E-state index in [4.69, 9.17) is 26.1 Å². The molecule has 2 saturated heterocycles. The topological polar surface area (TPSA) is 133 Å². The molecule has 1 aromatic carbocycles. The number of tetrazole rings is 1. The number of ether oxygens (including phenoxy) is 2.